The topological polar surface area (TPSA) is 29.3 Å². The van der Waals surface area contributed by atoms with Crippen molar-refractivity contribution in [2.75, 3.05) is 13.6 Å². The predicted octanol–water partition coefficient (Wildman–Crippen LogP) is 1.06. The fraction of sp³-hybridized carbons (Fsp3) is 1.00. The van der Waals surface area contributed by atoms with Crippen LogP contribution in [-0.4, -0.2) is 30.6 Å². The van der Waals surface area contributed by atoms with Gasteiger partial charge in [-0.25, -0.2) is 0 Å². The van der Waals surface area contributed by atoms with E-state index in [0.29, 0.717) is 12.1 Å². The lowest BCUT2D eigenvalue weighted by Crippen LogP contribution is -2.39. The van der Waals surface area contributed by atoms with E-state index in [2.05, 4.69) is 25.8 Å². The van der Waals surface area contributed by atoms with Crippen molar-refractivity contribution in [3.63, 3.8) is 0 Å². The highest BCUT2D eigenvalue weighted by molar-refractivity contribution is 4.85. The minimum absolute atomic E-state index is 0.419. The summed E-state index contributed by atoms with van der Waals surface area (Å²) in [6.45, 7) is 5.47. The maximum Gasteiger partial charge on any atom is 0.0196 e. The van der Waals surface area contributed by atoms with Gasteiger partial charge in [0.15, 0.2) is 0 Å². The zero-order chi connectivity index (χ0) is 8.43. The SMILES string of the molecule is CC(C)N(C)CC(N)C1CC1. The molecule has 0 bridgehead atoms. The highest BCUT2D eigenvalue weighted by Crippen LogP contribution is 2.31. The molecule has 0 amide bonds. The first-order valence-corrected chi connectivity index (χ1v) is 4.57. The van der Waals surface area contributed by atoms with Crippen molar-refractivity contribution in [3.05, 3.63) is 0 Å². The number of hydrogen-bond donors (Lipinski definition) is 1. The third kappa shape index (κ3) is 2.80. The number of nitrogens with zero attached hydrogens (tertiary/aromatic N) is 1. The Kier molecular flexibility index (Phi) is 2.90. The Labute approximate surface area is 69.8 Å². The van der Waals surface area contributed by atoms with Crippen LogP contribution in [0.15, 0.2) is 0 Å². The van der Waals surface area contributed by atoms with Gasteiger partial charge >= 0.3 is 0 Å². The first-order valence-electron chi connectivity index (χ1n) is 4.57. The van der Waals surface area contributed by atoms with Crippen LogP contribution in [0.4, 0.5) is 0 Å². The summed E-state index contributed by atoms with van der Waals surface area (Å²) in [4.78, 5) is 2.32. The van der Waals surface area contributed by atoms with Crippen molar-refractivity contribution >= 4 is 0 Å². The van der Waals surface area contributed by atoms with Gasteiger partial charge in [-0.05, 0) is 39.7 Å². The van der Waals surface area contributed by atoms with Gasteiger partial charge in [0, 0.05) is 18.6 Å². The lowest BCUT2D eigenvalue weighted by molar-refractivity contribution is 0.248. The first kappa shape index (κ1) is 9.01. The standard InChI is InChI=1S/C9H20N2/c1-7(2)11(3)6-9(10)8-4-5-8/h7-9H,4-6,10H2,1-3H3. The van der Waals surface area contributed by atoms with Crippen molar-refractivity contribution < 1.29 is 0 Å². The molecule has 1 atom stereocenters. The Morgan fingerprint density at radius 3 is 2.36 bits per heavy atom. The molecule has 0 saturated heterocycles. The molecule has 2 heteroatoms. The third-order valence-electron chi connectivity index (χ3n) is 2.61. The number of likely N-dealkylation sites (N-methyl/N-ethyl adjacent to an activating group) is 1. The predicted molar refractivity (Wildman–Crippen MR) is 48.5 cm³/mol. The summed E-state index contributed by atoms with van der Waals surface area (Å²) in [5.74, 6) is 0.830. The molecule has 0 aromatic rings. The monoisotopic (exact) mass is 156 g/mol. The van der Waals surface area contributed by atoms with Gasteiger partial charge in [0.25, 0.3) is 0 Å². The van der Waals surface area contributed by atoms with Crippen LogP contribution in [0, 0.1) is 5.92 Å². The average Bonchev–Trinajstić information content (AvgIpc) is 2.67. The van der Waals surface area contributed by atoms with Crippen LogP contribution in [0.25, 0.3) is 0 Å². The number of rotatable bonds is 4. The second-order valence-electron chi connectivity index (χ2n) is 4.03. The number of nitrogens with two attached hydrogens (primary N) is 1. The summed E-state index contributed by atoms with van der Waals surface area (Å²) in [5, 5.41) is 0. The highest BCUT2D eigenvalue weighted by atomic mass is 15.1. The summed E-state index contributed by atoms with van der Waals surface area (Å²) < 4.78 is 0. The minimum Gasteiger partial charge on any atom is -0.326 e. The summed E-state index contributed by atoms with van der Waals surface area (Å²) in [5.41, 5.74) is 5.98. The van der Waals surface area contributed by atoms with E-state index in [1.165, 1.54) is 12.8 Å². The Hall–Kier alpha value is -0.0800. The van der Waals surface area contributed by atoms with Gasteiger partial charge in [-0.2, -0.15) is 0 Å². The molecule has 1 saturated carbocycles. The van der Waals surface area contributed by atoms with Crippen LogP contribution in [-0.2, 0) is 0 Å². The molecule has 0 spiro atoms. The van der Waals surface area contributed by atoms with E-state index in [4.69, 9.17) is 5.73 Å². The molecule has 1 aliphatic rings. The molecule has 1 rings (SSSR count). The quantitative estimate of drug-likeness (QED) is 0.659. The molecule has 1 fully saturated rings. The lowest BCUT2D eigenvalue weighted by atomic mass is 10.2. The van der Waals surface area contributed by atoms with E-state index < -0.39 is 0 Å². The Morgan fingerprint density at radius 2 is 2.00 bits per heavy atom. The average molecular weight is 156 g/mol. The highest BCUT2D eigenvalue weighted by Gasteiger charge is 2.29. The third-order valence-corrected chi connectivity index (χ3v) is 2.61. The fourth-order valence-electron chi connectivity index (χ4n) is 1.22. The van der Waals surface area contributed by atoms with Crippen LogP contribution >= 0.6 is 0 Å². The van der Waals surface area contributed by atoms with Gasteiger partial charge < -0.3 is 10.6 Å². The molecule has 1 aliphatic carbocycles. The second-order valence-corrected chi connectivity index (χ2v) is 4.03. The molecule has 0 aliphatic heterocycles. The molecule has 0 radical (unpaired) electrons. The molecule has 0 aromatic carbocycles. The van der Waals surface area contributed by atoms with Crippen molar-refractivity contribution in [2.45, 2.75) is 38.8 Å². The molecular formula is C9H20N2. The normalized spacial score (nSPS) is 21.3. The maximum absolute atomic E-state index is 5.98. The molecule has 0 aromatic heterocycles. The summed E-state index contributed by atoms with van der Waals surface area (Å²) in [6, 6.07) is 1.04. The van der Waals surface area contributed by atoms with Gasteiger partial charge in [-0.1, -0.05) is 0 Å². The van der Waals surface area contributed by atoms with E-state index in [1.54, 1.807) is 0 Å². The summed E-state index contributed by atoms with van der Waals surface area (Å²) >= 11 is 0. The van der Waals surface area contributed by atoms with Crippen LogP contribution < -0.4 is 5.73 Å². The van der Waals surface area contributed by atoms with Gasteiger partial charge in [0.1, 0.15) is 0 Å². The smallest absolute Gasteiger partial charge is 0.0196 e. The summed E-state index contributed by atoms with van der Waals surface area (Å²) in [6.07, 6.45) is 2.71. The Morgan fingerprint density at radius 1 is 1.45 bits per heavy atom. The van der Waals surface area contributed by atoms with Crippen molar-refractivity contribution in [1.82, 2.24) is 4.90 Å². The van der Waals surface area contributed by atoms with Gasteiger partial charge in [-0.15, -0.1) is 0 Å². The molecule has 1 unspecified atom stereocenters. The Balaban J connectivity index is 2.17. The van der Waals surface area contributed by atoms with Gasteiger partial charge in [0.2, 0.25) is 0 Å². The largest absolute Gasteiger partial charge is 0.326 e. The second kappa shape index (κ2) is 3.55. The van der Waals surface area contributed by atoms with Crippen LogP contribution in [0.1, 0.15) is 26.7 Å². The van der Waals surface area contributed by atoms with Crippen molar-refractivity contribution in [1.29, 1.82) is 0 Å². The fourth-order valence-corrected chi connectivity index (χ4v) is 1.22. The number of hydrogen-bond acceptors (Lipinski definition) is 2. The maximum atomic E-state index is 5.98. The molecule has 11 heavy (non-hydrogen) atoms. The van der Waals surface area contributed by atoms with Crippen molar-refractivity contribution in [2.24, 2.45) is 11.7 Å². The van der Waals surface area contributed by atoms with Gasteiger partial charge in [-0.3, -0.25) is 0 Å². The molecule has 2 N–H and O–H groups in total. The van der Waals surface area contributed by atoms with E-state index in [9.17, 15) is 0 Å². The zero-order valence-electron chi connectivity index (χ0n) is 7.88. The van der Waals surface area contributed by atoms with E-state index in [1.807, 2.05) is 0 Å². The van der Waals surface area contributed by atoms with Crippen molar-refractivity contribution in [3.8, 4) is 0 Å². The zero-order valence-corrected chi connectivity index (χ0v) is 7.88. The van der Waals surface area contributed by atoms with Crippen LogP contribution in [0.5, 0.6) is 0 Å². The minimum atomic E-state index is 0.419. The Bertz CT molecular complexity index is 113. The van der Waals surface area contributed by atoms with E-state index >= 15 is 0 Å². The van der Waals surface area contributed by atoms with Crippen LogP contribution in [0.2, 0.25) is 0 Å². The molecular weight excluding hydrogens is 136 g/mol. The first-order chi connectivity index (χ1) is 5.11. The van der Waals surface area contributed by atoms with Crippen LogP contribution in [0.3, 0.4) is 0 Å². The lowest BCUT2D eigenvalue weighted by Gasteiger charge is -2.24. The van der Waals surface area contributed by atoms with E-state index in [-0.39, 0.29) is 0 Å². The van der Waals surface area contributed by atoms with E-state index in [0.717, 1.165) is 12.5 Å². The molecule has 0 heterocycles. The molecule has 66 valence electrons. The van der Waals surface area contributed by atoms with Gasteiger partial charge in [0.05, 0.1) is 0 Å². The summed E-state index contributed by atoms with van der Waals surface area (Å²) in [7, 11) is 2.15. The molecule has 2 nitrogen and oxygen atoms in total.